The van der Waals surface area contributed by atoms with Crippen molar-refractivity contribution in [1.29, 1.82) is 0 Å². The first kappa shape index (κ1) is 18.3. The zero-order valence-corrected chi connectivity index (χ0v) is 16.1. The number of tetrazole rings is 1. The van der Waals surface area contributed by atoms with E-state index in [0.29, 0.717) is 5.82 Å². The molecule has 0 saturated heterocycles. The second-order valence-electron chi connectivity index (χ2n) is 5.97. The van der Waals surface area contributed by atoms with E-state index in [2.05, 4.69) is 43.6 Å². The van der Waals surface area contributed by atoms with Gasteiger partial charge >= 0.3 is 0 Å². The number of nitrogens with zero attached hydrogens (tertiary/aromatic N) is 4. The van der Waals surface area contributed by atoms with Crippen molar-refractivity contribution in [3.05, 3.63) is 64.6 Å². The minimum atomic E-state index is -0.132. The van der Waals surface area contributed by atoms with E-state index in [0.717, 1.165) is 28.4 Å². The molecular formula is C19H20BrN5O. The summed E-state index contributed by atoms with van der Waals surface area (Å²) in [7, 11) is 0. The van der Waals surface area contributed by atoms with Crippen LogP contribution in [-0.2, 0) is 11.3 Å². The monoisotopic (exact) mass is 413 g/mol. The Balaban J connectivity index is 1.65. The normalized spacial score (nSPS) is 11.9. The molecule has 26 heavy (non-hydrogen) atoms. The highest BCUT2D eigenvalue weighted by Gasteiger charge is 2.15. The molecule has 0 aliphatic rings. The molecule has 1 N–H and O–H groups in total. The maximum Gasteiger partial charge on any atom is 0.244 e. The van der Waals surface area contributed by atoms with Crippen molar-refractivity contribution in [3.63, 3.8) is 0 Å². The van der Waals surface area contributed by atoms with E-state index < -0.39 is 0 Å². The lowest BCUT2D eigenvalue weighted by Crippen LogP contribution is -2.32. The molecule has 0 aliphatic carbocycles. The van der Waals surface area contributed by atoms with Gasteiger partial charge < -0.3 is 5.32 Å². The Hall–Kier alpha value is -2.54. The summed E-state index contributed by atoms with van der Waals surface area (Å²) in [5, 5.41) is 15.4. The van der Waals surface area contributed by atoms with Crippen molar-refractivity contribution in [1.82, 2.24) is 25.5 Å². The summed E-state index contributed by atoms with van der Waals surface area (Å²) in [5.74, 6) is 0.366. The second-order valence-corrected chi connectivity index (χ2v) is 6.89. The van der Waals surface area contributed by atoms with Gasteiger partial charge in [-0.1, -0.05) is 59.6 Å². The minimum Gasteiger partial charge on any atom is -0.348 e. The van der Waals surface area contributed by atoms with Crippen LogP contribution in [0.5, 0.6) is 0 Å². The van der Waals surface area contributed by atoms with Gasteiger partial charge in [0.2, 0.25) is 11.7 Å². The van der Waals surface area contributed by atoms with Crippen molar-refractivity contribution in [2.45, 2.75) is 32.4 Å². The number of benzene rings is 2. The summed E-state index contributed by atoms with van der Waals surface area (Å²) in [4.78, 5) is 13.7. The molecule has 1 amide bonds. The molecule has 6 nitrogen and oxygen atoms in total. The molecule has 3 rings (SSSR count). The summed E-state index contributed by atoms with van der Waals surface area (Å²) in [6.45, 7) is 2.14. The van der Waals surface area contributed by atoms with Crippen LogP contribution in [0.1, 0.15) is 31.4 Å². The highest BCUT2D eigenvalue weighted by molar-refractivity contribution is 9.10. The van der Waals surface area contributed by atoms with Crippen LogP contribution >= 0.6 is 15.9 Å². The Morgan fingerprint density at radius 2 is 1.88 bits per heavy atom. The van der Waals surface area contributed by atoms with Crippen LogP contribution in [0.4, 0.5) is 0 Å². The zero-order valence-electron chi connectivity index (χ0n) is 14.5. The Morgan fingerprint density at radius 3 is 2.58 bits per heavy atom. The molecule has 3 aromatic rings. The first-order chi connectivity index (χ1) is 12.7. The molecule has 0 fully saturated rings. The molecule has 0 bridgehead atoms. The number of hydrogen-bond acceptors (Lipinski definition) is 4. The predicted molar refractivity (Wildman–Crippen MR) is 103 cm³/mol. The lowest BCUT2D eigenvalue weighted by molar-refractivity contribution is -0.122. The van der Waals surface area contributed by atoms with E-state index in [-0.39, 0.29) is 18.5 Å². The van der Waals surface area contributed by atoms with E-state index >= 15 is 0 Å². The van der Waals surface area contributed by atoms with E-state index in [1.54, 1.807) is 0 Å². The van der Waals surface area contributed by atoms with Gasteiger partial charge in [0, 0.05) is 10.0 Å². The van der Waals surface area contributed by atoms with Crippen LogP contribution in [0.15, 0.2) is 59.1 Å². The molecule has 0 saturated carbocycles. The van der Waals surface area contributed by atoms with Crippen LogP contribution in [0.25, 0.3) is 11.4 Å². The van der Waals surface area contributed by atoms with Crippen LogP contribution in [0.2, 0.25) is 0 Å². The highest BCUT2D eigenvalue weighted by atomic mass is 79.9. The van der Waals surface area contributed by atoms with Crippen LogP contribution in [0.3, 0.4) is 0 Å². The quantitative estimate of drug-likeness (QED) is 0.639. The fourth-order valence-corrected chi connectivity index (χ4v) is 2.95. The summed E-state index contributed by atoms with van der Waals surface area (Å²) in [6.07, 6.45) is 1.86. The number of aromatic nitrogens is 4. The zero-order chi connectivity index (χ0) is 18.4. The Morgan fingerprint density at radius 1 is 1.15 bits per heavy atom. The molecule has 7 heteroatoms. The number of rotatable bonds is 7. The van der Waals surface area contributed by atoms with Gasteiger partial charge in [-0.3, -0.25) is 4.79 Å². The fourth-order valence-electron chi connectivity index (χ4n) is 2.69. The number of amides is 1. The molecule has 0 spiro atoms. The van der Waals surface area contributed by atoms with E-state index in [4.69, 9.17) is 0 Å². The van der Waals surface area contributed by atoms with E-state index in [1.807, 2.05) is 54.6 Å². The number of hydrogen-bond donors (Lipinski definition) is 1. The number of carbonyl (C=O) groups is 1. The van der Waals surface area contributed by atoms with Gasteiger partial charge in [0.05, 0.1) is 6.04 Å². The smallest absolute Gasteiger partial charge is 0.244 e. The lowest BCUT2D eigenvalue weighted by Gasteiger charge is -2.18. The van der Waals surface area contributed by atoms with Crippen LogP contribution in [0, 0.1) is 0 Å². The summed E-state index contributed by atoms with van der Waals surface area (Å²) in [5.41, 5.74) is 1.96. The lowest BCUT2D eigenvalue weighted by atomic mass is 10.0. The average molecular weight is 414 g/mol. The largest absolute Gasteiger partial charge is 0.348 e. The Bertz CT molecular complexity index is 848. The molecule has 1 aromatic heterocycles. The maximum absolute atomic E-state index is 12.4. The van der Waals surface area contributed by atoms with Crippen molar-refractivity contribution in [3.8, 4) is 11.4 Å². The molecule has 134 valence electrons. The van der Waals surface area contributed by atoms with Gasteiger partial charge in [-0.05, 0) is 41.5 Å². The first-order valence-corrected chi connectivity index (χ1v) is 9.33. The molecule has 1 atom stereocenters. The molecule has 1 heterocycles. The van der Waals surface area contributed by atoms with Crippen molar-refractivity contribution in [2.75, 3.05) is 0 Å². The van der Waals surface area contributed by atoms with Crippen molar-refractivity contribution < 1.29 is 4.79 Å². The minimum absolute atomic E-state index is 0.0110. The third-order valence-electron chi connectivity index (χ3n) is 3.95. The van der Waals surface area contributed by atoms with E-state index in [1.165, 1.54) is 4.80 Å². The number of nitrogens with one attached hydrogen (secondary N) is 1. The van der Waals surface area contributed by atoms with Crippen molar-refractivity contribution in [2.24, 2.45) is 0 Å². The standard InChI is InChI=1S/C19H20BrN5O/c1-2-6-17(14-7-4-3-5-8-14)21-18(26)13-25-23-19(22-24-25)15-9-11-16(20)12-10-15/h3-5,7-12,17H,2,6,13H2,1H3,(H,21,26)/t17-/m1/s1. The molecule has 0 radical (unpaired) electrons. The molecular weight excluding hydrogens is 394 g/mol. The Labute approximate surface area is 160 Å². The van der Waals surface area contributed by atoms with Gasteiger partial charge in [-0.15, -0.1) is 10.2 Å². The van der Waals surface area contributed by atoms with Gasteiger partial charge in [0.1, 0.15) is 6.54 Å². The number of carbonyl (C=O) groups excluding carboxylic acids is 1. The van der Waals surface area contributed by atoms with Crippen molar-refractivity contribution >= 4 is 21.8 Å². The predicted octanol–water partition coefficient (Wildman–Crippen LogP) is 3.76. The van der Waals surface area contributed by atoms with Crippen LogP contribution < -0.4 is 5.32 Å². The summed E-state index contributed by atoms with van der Waals surface area (Å²) in [6, 6.07) is 17.6. The topological polar surface area (TPSA) is 72.7 Å². The molecule has 2 aromatic carbocycles. The van der Waals surface area contributed by atoms with Gasteiger partial charge in [0.15, 0.2) is 0 Å². The third-order valence-corrected chi connectivity index (χ3v) is 4.48. The van der Waals surface area contributed by atoms with Gasteiger partial charge in [-0.2, -0.15) is 4.80 Å². The van der Waals surface area contributed by atoms with Gasteiger partial charge in [-0.25, -0.2) is 0 Å². The Kier molecular flexibility index (Phi) is 6.12. The van der Waals surface area contributed by atoms with E-state index in [9.17, 15) is 4.79 Å². The second kappa shape index (κ2) is 8.71. The number of halogens is 1. The summed E-state index contributed by atoms with van der Waals surface area (Å²) < 4.78 is 0.982. The maximum atomic E-state index is 12.4. The SMILES string of the molecule is CCC[C@@H](NC(=O)Cn1nnc(-c2ccc(Br)cc2)n1)c1ccccc1. The molecule has 0 aliphatic heterocycles. The van der Waals surface area contributed by atoms with Gasteiger partial charge in [0.25, 0.3) is 0 Å². The summed E-state index contributed by atoms with van der Waals surface area (Å²) >= 11 is 3.40. The third kappa shape index (κ3) is 4.76. The molecule has 0 unspecified atom stereocenters. The first-order valence-electron chi connectivity index (χ1n) is 8.53. The average Bonchev–Trinajstić information content (AvgIpc) is 3.11. The fraction of sp³-hybridized carbons (Fsp3) is 0.263. The highest BCUT2D eigenvalue weighted by Crippen LogP contribution is 2.19. The van der Waals surface area contributed by atoms with Crippen LogP contribution in [-0.4, -0.2) is 26.1 Å².